The monoisotopic (exact) mass is 642 g/mol. The number of nitrogens with zero attached hydrogens (tertiary/aromatic N) is 5. The summed E-state index contributed by atoms with van der Waals surface area (Å²) in [7, 11) is 2.19. The van der Waals surface area contributed by atoms with Crippen LogP contribution in [0.5, 0.6) is 11.5 Å². The van der Waals surface area contributed by atoms with E-state index in [1.54, 1.807) is 10.7 Å². The van der Waals surface area contributed by atoms with Crippen LogP contribution in [0.4, 0.5) is 0 Å². The number of phenols is 1. The minimum absolute atomic E-state index is 0.139. The zero-order valence-electron chi connectivity index (χ0n) is 27.1. The molecular formula is C35H42N6O6. The van der Waals surface area contributed by atoms with Crippen LogP contribution in [-0.4, -0.2) is 85.4 Å². The molecule has 8 atom stereocenters. The lowest BCUT2D eigenvalue weighted by Crippen LogP contribution is -2.64. The maximum absolute atomic E-state index is 12.9. The van der Waals surface area contributed by atoms with Crippen molar-refractivity contribution in [2.24, 2.45) is 17.3 Å². The Kier molecular flexibility index (Phi) is 6.78. The van der Waals surface area contributed by atoms with Gasteiger partial charge in [-0.05, 0) is 62.2 Å². The first-order chi connectivity index (χ1) is 22.4. The number of nitrogens with one attached hydrogen (secondary N) is 1. The number of hydrogen-bond acceptors (Lipinski definition) is 9. The summed E-state index contributed by atoms with van der Waals surface area (Å²) in [6.07, 6.45) is 11.2. The molecule has 6 aliphatic rings. The number of aliphatic hydroxyl groups excluding tert-OH is 2. The first-order valence-corrected chi connectivity index (χ1v) is 16.6. The van der Waals surface area contributed by atoms with Gasteiger partial charge < -0.3 is 35.5 Å². The minimum atomic E-state index is -0.594. The molecule has 1 saturated carbocycles. The SMILES string of the molecule is CC(C)(C)[C@@H](CO)NC(=O)c1nn(-c2c[n+]([O-])ccn2)c2c1C[C@@H]1C[C@H]21.CN1CC[C@]23c4c5ccc(O)c4O[C@H]2[C@@H](O)C=C[C@H]3[C@H]1C5. The van der Waals surface area contributed by atoms with Crippen LogP contribution >= 0.6 is 0 Å². The van der Waals surface area contributed by atoms with Gasteiger partial charge in [-0.2, -0.15) is 9.83 Å². The van der Waals surface area contributed by atoms with Crippen molar-refractivity contribution in [1.29, 1.82) is 0 Å². The molecule has 9 rings (SSSR count). The average Bonchev–Trinajstić information content (AvgIpc) is 3.35. The Bertz CT molecular complexity index is 1800. The zero-order chi connectivity index (χ0) is 33.0. The van der Waals surface area contributed by atoms with Gasteiger partial charge >= 0.3 is 0 Å². The van der Waals surface area contributed by atoms with Gasteiger partial charge in [0.15, 0.2) is 23.4 Å². The fraction of sp³-hybridized carbons (Fsp3) is 0.543. The third-order valence-corrected chi connectivity index (χ3v) is 11.5. The smallest absolute Gasteiger partial charge is 0.272 e. The van der Waals surface area contributed by atoms with Crippen LogP contribution in [0.15, 0.2) is 42.9 Å². The van der Waals surface area contributed by atoms with Crippen molar-refractivity contribution in [3.63, 3.8) is 0 Å². The number of rotatable bonds is 4. The first-order valence-electron chi connectivity index (χ1n) is 16.6. The van der Waals surface area contributed by atoms with Crippen molar-refractivity contribution in [1.82, 2.24) is 25.0 Å². The van der Waals surface area contributed by atoms with E-state index in [9.17, 15) is 25.3 Å². The van der Waals surface area contributed by atoms with Crippen molar-refractivity contribution in [2.45, 2.75) is 82.1 Å². The molecule has 4 heterocycles. The Morgan fingerprint density at radius 2 is 2.09 bits per heavy atom. The largest absolute Gasteiger partial charge is 0.619 e. The van der Waals surface area contributed by atoms with Gasteiger partial charge in [-0.25, -0.2) is 9.67 Å². The first kappa shape index (κ1) is 30.3. The van der Waals surface area contributed by atoms with Gasteiger partial charge in [0, 0.05) is 34.4 Å². The lowest BCUT2D eigenvalue weighted by molar-refractivity contribution is -0.605. The van der Waals surface area contributed by atoms with E-state index < -0.39 is 6.10 Å². The molecule has 1 amide bonds. The van der Waals surface area contributed by atoms with Gasteiger partial charge in [0.1, 0.15) is 12.2 Å². The number of benzene rings is 1. The minimum Gasteiger partial charge on any atom is -0.619 e. The molecule has 0 radical (unpaired) electrons. The van der Waals surface area contributed by atoms with Crippen LogP contribution < -0.4 is 14.8 Å². The Hall–Kier alpha value is -4.00. The van der Waals surface area contributed by atoms with Gasteiger partial charge in [0.2, 0.25) is 12.0 Å². The normalized spacial score (nSPS) is 31.1. The van der Waals surface area contributed by atoms with Crippen molar-refractivity contribution < 1.29 is 29.6 Å². The maximum atomic E-state index is 12.9. The summed E-state index contributed by atoms with van der Waals surface area (Å²) in [5.74, 6) is 2.26. The summed E-state index contributed by atoms with van der Waals surface area (Å²) in [6.45, 7) is 6.77. The fourth-order valence-electron chi connectivity index (χ4n) is 8.95. The van der Waals surface area contributed by atoms with E-state index in [1.807, 2.05) is 32.9 Å². The van der Waals surface area contributed by atoms with Crippen LogP contribution in [0.3, 0.4) is 0 Å². The highest BCUT2D eigenvalue weighted by atomic mass is 16.5. The van der Waals surface area contributed by atoms with E-state index in [1.165, 1.54) is 29.7 Å². The highest BCUT2D eigenvalue weighted by molar-refractivity contribution is 5.94. The van der Waals surface area contributed by atoms with Crippen molar-refractivity contribution in [2.75, 3.05) is 20.2 Å². The van der Waals surface area contributed by atoms with Crippen molar-refractivity contribution >= 4 is 5.91 Å². The predicted octanol–water partition coefficient (Wildman–Crippen LogP) is 1.90. The molecule has 1 aromatic carbocycles. The lowest BCUT2D eigenvalue weighted by Gasteiger charge is -2.56. The van der Waals surface area contributed by atoms with Gasteiger partial charge in [-0.1, -0.05) is 39.0 Å². The predicted molar refractivity (Wildman–Crippen MR) is 170 cm³/mol. The summed E-state index contributed by atoms with van der Waals surface area (Å²) in [6, 6.07) is 3.86. The third-order valence-electron chi connectivity index (χ3n) is 11.5. The summed E-state index contributed by atoms with van der Waals surface area (Å²) in [4.78, 5) is 19.5. The number of likely N-dealkylation sites (tertiary alicyclic amines) is 1. The number of ether oxygens (including phenoxy) is 1. The quantitative estimate of drug-likeness (QED) is 0.189. The van der Waals surface area contributed by atoms with Gasteiger partial charge in [-0.3, -0.25) is 4.79 Å². The molecule has 12 heteroatoms. The molecule has 2 aromatic heterocycles. The van der Waals surface area contributed by atoms with Crippen LogP contribution in [0.25, 0.3) is 5.82 Å². The van der Waals surface area contributed by atoms with E-state index in [0.717, 1.165) is 43.5 Å². The number of amides is 1. The van der Waals surface area contributed by atoms with E-state index >= 15 is 0 Å². The van der Waals surface area contributed by atoms with E-state index in [0.29, 0.717) is 45.8 Å². The molecule has 1 saturated heterocycles. The number of hydrogen-bond donors (Lipinski definition) is 4. The van der Waals surface area contributed by atoms with Gasteiger partial charge in [0.05, 0.1) is 24.5 Å². The molecule has 2 fully saturated rings. The van der Waals surface area contributed by atoms with E-state index in [2.05, 4.69) is 33.4 Å². The van der Waals surface area contributed by atoms with Crippen molar-refractivity contribution in [3.8, 4) is 17.3 Å². The molecular weight excluding hydrogens is 600 g/mol. The van der Waals surface area contributed by atoms with Crippen LogP contribution in [0, 0.1) is 22.5 Å². The number of aromatic hydroxyl groups is 1. The molecule has 3 aromatic rings. The van der Waals surface area contributed by atoms with E-state index in [-0.39, 0.29) is 41.2 Å². The summed E-state index contributed by atoms with van der Waals surface area (Å²) in [5.41, 5.74) is 4.33. The Morgan fingerprint density at radius 1 is 1.28 bits per heavy atom. The number of carbonyl (C=O) groups is 1. The number of piperidine rings is 1. The molecule has 248 valence electrons. The summed E-state index contributed by atoms with van der Waals surface area (Å²) < 4.78 is 8.40. The maximum Gasteiger partial charge on any atom is 0.272 e. The molecule has 2 bridgehead atoms. The number of aliphatic hydroxyl groups is 2. The molecule has 12 nitrogen and oxygen atoms in total. The molecule has 0 unspecified atom stereocenters. The van der Waals surface area contributed by atoms with Gasteiger partial charge in [-0.15, -0.1) is 0 Å². The lowest BCUT2D eigenvalue weighted by atomic mass is 9.53. The van der Waals surface area contributed by atoms with Gasteiger partial charge in [0.25, 0.3) is 5.91 Å². The zero-order valence-corrected chi connectivity index (χ0v) is 27.1. The molecule has 47 heavy (non-hydrogen) atoms. The number of carbonyl (C=O) groups excluding carboxylic acids is 1. The average molecular weight is 643 g/mol. The Labute approximate surface area is 273 Å². The van der Waals surface area contributed by atoms with Crippen LogP contribution in [0.1, 0.15) is 72.4 Å². The number of aromatic nitrogens is 4. The topological polar surface area (TPSA) is 160 Å². The van der Waals surface area contributed by atoms with Crippen LogP contribution in [0.2, 0.25) is 0 Å². The second-order valence-electron chi connectivity index (χ2n) is 15.2. The Morgan fingerprint density at radius 3 is 2.83 bits per heavy atom. The highest BCUT2D eigenvalue weighted by Crippen LogP contribution is 2.62. The number of phenolic OH excluding ortho intramolecular Hbond substituents is 1. The number of fused-ring (bicyclic) bond motifs is 3. The Balaban J connectivity index is 0.000000141. The second kappa shape index (κ2) is 10.5. The standard InChI is InChI=1S/C18H23N5O3.C17H19NO3/c1-18(2,3)13(9-24)20-17(25)15-12-7-10-6-11(10)16(12)23(21-15)14-8-22(26)5-4-19-14;1-18-7-6-17-10-3-5-13(20)16(17)21-15-12(19)4-2-9(14(15)17)8-11(10)18/h4-5,8,10-11,13,24H,6-7,9H2,1-3H3,(H,20,25);2-5,10-11,13,16,19-20H,6-8H2,1H3/t10-,11-,13+;10-,11+,13-,16-,17-/m00/s1. The van der Waals surface area contributed by atoms with Crippen molar-refractivity contribution in [3.05, 3.63) is 76.2 Å². The third kappa shape index (κ3) is 4.51. The fourth-order valence-corrected chi connectivity index (χ4v) is 8.95. The molecule has 2 aliphatic heterocycles. The highest BCUT2D eigenvalue weighted by Gasteiger charge is 2.64. The summed E-state index contributed by atoms with van der Waals surface area (Å²) >= 11 is 0. The van der Waals surface area contributed by atoms with E-state index in [4.69, 9.17) is 4.74 Å². The molecule has 1 spiro atoms. The molecule has 4 N–H and O–H groups in total. The number of likely N-dealkylation sites (N-methyl/N-ethyl adjacent to an activating group) is 1. The van der Waals surface area contributed by atoms with Crippen LogP contribution in [-0.2, 0) is 18.3 Å². The summed E-state index contributed by atoms with van der Waals surface area (Å²) in [5, 5.41) is 49.3. The second-order valence-corrected chi connectivity index (χ2v) is 15.2. The molecule has 4 aliphatic carbocycles.